The molecule has 2 N–H and O–H groups in total. The van der Waals surface area contributed by atoms with Crippen LogP contribution < -0.4 is 10.6 Å². The van der Waals surface area contributed by atoms with Gasteiger partial charge in [-0.05, 0) is 36.8 Å². The zero-order chi connectivity index (χ0) is 13.1. The molecule has 0 saturated heterocycles. The van der Waals surface area contributed by atoms with Crippen molar-refractivity contribution in [1.29, 1.82) is 0 Å². The van der Waals surface area contributed by atoms with Gasteiger partial charge in [0, 0.05) is 13.6 Å². The van der Waals surface area contributed by atoms with Crippen LogP contribution in [-0.4, -0.2) is 24.5 Å². The number of carbonyl (C=O) groups is 1. The number of carbonyl (C=O) groups excluding carboxylic acids is 1. The number of hydrogen-bond donors (Lipinski definition) is 2. The lowest BCUT2D eigenvalue weighted by Gasteiger charge is -2.12. The van der Waals surface area contributed by atoms with Crippen LogP contribution in [0.15, 0.2) is 12.1 Å². The van der Waals surface area contributed by atoms with Crippen molar-refractivity contribution in [3.63, 3.8) is 0 Å². The number of anilines is 1. The van der Waals surface area contributed by atoms with E-state index in [2.05, 4.69) is 22.5 Å². The highest BCUT2D eigenvalue weighted by atomic mass is 35.5. The molecule has 98 valence electrons. The van der Waals surface area contributed by atoms with Crippen molar-refractivity contribution >= 4 is 23.3 Å². The maximum Gasteiger partial charge on any atom is 0.271 e. The summed E-state index contributed by atoms with van der Waals surface area (Å²) in [6.07, 6.45) is 2.57. The number of pyridine rings is 1. The van der Waals surface area contributed by atoms with Gasteiger partial charge in [0.25, 0.3) is 5.91 Å². The fourth-order valence-electron chi connectivity index (χ4n) is 1.91. The summed E-state index contributed by atoms with van der Waals surface area (Å²) in [5, 5.41) is 6.17. The lowest BCUT2D eigenvalue weighted by atomic mass is 10.1. The quantitative estimate of drug-likeness (QED) is 0.862. The summed E-state index contributed by atoms with van der Waals surface area (Å²) in [5.74, 6) is 1.74. The largest absolute Gasteiger partial charge is 0.373 e. The lowest BCUT2D eigenvalue weighted by Crippen LogP contribution is -2.30. The van der Waals surface area contributed by atoms with Gasteiger partial charge in [-0.25, -0.2) is 4.98 Å². The van der Waals surface area contributed by atoms with E-state index in [0.29, 0.717) is 23.3 Å². The van der Waals surface area contributed by atoms with Crippen LogP contribution in [-0.2, 0) is 0 Å². The highest BCUT2D eigenvalue weighted by Gasteiger charge is 2.28. The van der Waals surface area contributed by atoms with Crippen molar-refractivity contribution in [2.75, 3.05) is 18.9 Å². The molecule has 1 saturated carbocycles. The number of amides is 1. The third-order valence-corrected chi connectivity index (χ3v) is 3.63. The van der Waals surface area contributed by atoms with Crippen LogP contribution in [0.25, 0.3) is 0 Å². The van der Waals surface area contributed by atoms with Gasteiger partial charge in [0.15, 0.2) is 0 Å². The van der Waals surface area contributed by atoms with Crippen LogP contribution in [0.2, 0.25) is 5.02 Å². The number of hydrogen-bond acceptors (Lipinski definition) is 3. The minimum atomic E-state index is -0.204. The van der Waals surface area contributed by atoms with Crippen LogP contribution in [0.4, 0.5) is 5.82 Å². The van der Waals surface area contributed by atoms with Crippen molar-refractivity contribution in [2.24, 2.45) is 11.8 Å². The Morgan fingerprint density at radius 2 is 2.28 bits per heavy atom. The molecule has 0 bridgehead atoms. The molecule has 1 fully saturated rings. The molecule has 4 nitrogen and oxygen atoms in total. The summed E-state index contributed by atoms with van der Waals surface area (Å²) >= 11 is 5.99. The van der Waals surface area contributed by atoms with Crippen LogP contribution in [0.3, 0.4) is 0 Å². The number of nitrogens with zero attached hydrogens (tertiary/aromatic N) is 1. The first-order valence-corrected chi connectivity index (χ1v) is 6.62. The van der Waals surface area contributed by atoms with E-state index in [9.17, 15) is 4.79 Å². The van der Waals surface area contributed by atoms with Crippen molar-refractivity contribution in [3.05, 3.63) is 22.8 Å². The van der Waals surface area contributed by atoms with Gasteiger partial charge in [-0.15, -0.1) is 0 Å². The molecule has 1 amide bonds. The summed E-state index contributed by atoms with van der Waals surface area (Å²) in [4.78, 5) is 16.2. The standard InChI is InChI=1S/C13H18ClN3O/c1-8(9-3-4-9)7-16-13(18)12-10(14)5-6-11(15-2)17-12/h5-6,8-9H,3-4,7H2,1-2H3,(H,15,17)(H,16,18). The fraction of sp³-hybridized carbons (Fsp3) is 0.538. The van der Waals surface area contributed by atoms with E-state index in [4.69, 9.17) is 11.6 Å². The highest BCUT2D eigenvalue weighted by Crippen LogP contribution is 2.36. The number of nitrogens with one attached hydrogen (secondary N) is 2. The smallest absolute Gasteiger partial charge is 0.271 e. The molecule has 1 heterocycles. The van der Waals surface area contributed by atoms with Gasteiger partial charge in [-0.2, -0.15) is 0 Å². The van der Waals surface area contributed by atoms with Crippen molar-refractivity contribution in [3.8, 4) is 0 Å². The molecule has 0 aliphatic heterocycles. The Balaban J connectivity index is 1.98. The average molecular weight is 268 g/mol. The van der Waals surface area contributed by atoms with E-state index in [1.54, 1.807) is 19.2 Å². The van der Waals surface area contributed by atoms with E-state index < -0.39 is 0 Å². The molecule has 1 aromatic rings. The molecule has 1 aliphatic rings. The Kier molecular flexibility index (Phi) is 4.07. The molecule has 5 heteroatoms. The van der Waals surface area contributed by atoms with E-state index in [1.807, 2.05) is 0 Å². The van der Waals surface area contributed by atoms with Gasteiger partial charge >= 0.3 is 0 Å². The van der Waals surface area contributed by atoms with Crippen molar-refractivity contribution < 1.29 is 4.79 Å². The first-order chi connectivity index (χ1) is 8.61. The lowest BCUT2D eigenvalue weighted by molar-refractivity contribution is 0.0942. The van der Waals surface area contributed by atoms with Gasteiger partial charge in [0.1, 0.15) is 11.5 Å². The van der Waals surface area contributed by atoms with Crippen molar-refractivity contribution in [2.45, 2.75) is 19.8 Å². The van der Waals surface area contributed by atoms with Gasteiger partial charge < -0.3 is 10.6 Å². The van der Waals surface area contributed by atoms with Gasteiger partial charge in [-0.3, -0.25) is 4.79 Å². The van der Waals surface area contributed by atoms with E-state index in [0.717, 1.165) is 5.92 Å². The summed E-state index contributed by atoms with van der Waals surface area (Å²) in [5.41, 5.74) is 0.284. The molecule has 1 unspecified atom stereocenters. The Morgan fingerprint density at radius 1 is 1.56 bits per heavy atom. The van der Waals surface area contributed by atoms with Crippen LogP contribution in [0, 0.1) is 11.8 Å². The normalized spacial score (nSPS) is 16.2. The molecule has 0 spiro atoms. The first kappa shape index (κ1) is 13.1. The zero-order valence-electron chi connectivity index (χ0n) is 10.7. The predicted octanol–water partition coefficient (Wildman–Crippen LogP) is 2.55. The Hall–Kier alpha value is -1.29. The maximum atomic E-state index is 12.0. The second kappa shape index (κ2) is 5.57. The second-order valence-corrected chi connectivity index (χ2v) is 5.21. The Morgan fingerprint density at radius 3 is 2.89 bits per heavy atom. The monoisotopic (exact) mass is 267 g/mol. The summed E-state index contributed by atoms with van der Waals surface area (Å²) in [6.45, 7) is 2.85. The van der Waals surface area contributed by atoms with Crippen LogP contribution in [0.5, 0.6) is 0 Å². The number of aromatic nitrogens is 1. The molecule has 18 heavy (non-hydrogen) atoms. The van der Waals surface area contributed by atoms with E-state index in [-0.39, 0.29) is 11.6 Å². The van der Waals surface area contributed by atoms with Gasteiger partial charge in [0.2, 0.25) is 0 Å². The summed E-state index contributed by atoms with van der Waals surface area (Å²) < 4.78 is 0. The summed E-state index contributed by atoms with van der Waals surface area (Å²) in [7, 11) is 1.76. The van der Waals surface area contributed by atoms with Crippen LogP contribution >= 0.6 is 11.6 Å². The molecular formula is C13H18ClN3O. The Labute approximate surface area is 112 Å². The highest BCUT2D eigenvalue weighted by molar-refractivity contribution is 6.33. The minimum absolute atomic E-state index is 0.204. The molecule has 0 radical (unpaired) electrons. The van der Waals surface area contributed by atoms with Gasteiger partial charge in [0.05, 0.1) is 5.02 Å². The Bertz CT molecular complexity index is 446. The third kappa shape index (κ3) is 3.13. The minimum Gasteiger partial charge on any atom is -0.373 e. The van der Waals surface area contributed by atoms with E-state index >= 15 is 0 Å². The summed E-state index contributed by atoms with van der Waals surface area (Å²) in [6, 6.07) is 3.42. The van der Waals surface area contributed by atoms with Gasteiger partial charge in [-0.1, -0.05) is 18.5 Å². The molecule has 1 aromatic heterocycles. The molecule has 0 aromatic carbocycles. The third-order valence-electron chi connectivity index (χ3n) is 3.33. The number of rotatable bonds is 5. The molecule has 1 atom stereocenters. The topological polar surface area (TPSA) is 54.0 Å². The van der Waals surface area contributed by atoms with Crippen LogP contribution in [0.1, 0.15) is 30.3 Å². The molecular weight excluding hydrogens is 250 g/mol. The maximum absolute atomic E-state index is 12.0. The molecule has 1 aliphatic carbocycles. The zero-order valence-corrected chi connectivity index (χ0v) is 11.4. The SMILES string of the molecule is CNc1ccc(Cl)c(C(=O)NCC(C)C2CC2)n1. The van der Waals surface area contributed by atoms with E-state index in [1.165, 1.54) is 12.8 Å². The fourth-order valence-corrected chi connectivity index (χ4v) is 2.10. The van der Waals surface area contributed by atoms with Crippen molar-refractivity contribution in [1.82, 2.24) is 10.3 Å². The predicted molar refractivity (Wildman–Crippen MR) is 73.0 cm³/mol. The average Bonchev–Trinajstić information content (AvgIpc) is 3.20. The second-order valence-electron chi connectivity index (χ2n) is 4.80. The number of halogens is 1. The first-order valence-electron chi connectivity index (χ1n) is 6.24. The molecule has 2 rings (SSSR count).